The van der Waals surface area contributed by atoms with E-state index in [0.717, 1.165) is 49.7 Å². The number of ether oxygens (including phenoxy) is 1. The molecule has 0 saturated carbocycles. The van der Waals surface area contributed by atoms with Crippen LogP contribution in [0.25, 0.3) is 0 Å². The summed E-state index contributed by atoms with van der Waals surface area (Å²) in [5, 5.41) is 21.1. The lowest BCUT2D eigenvalue weighted by molar-refractivity contribution is -0.119. The molecule has 3 rings (SSSR count). The molecule has 1 amide bonds. The maximum atomic E-state index is 11.5. The average Bonchev–Trinajstić information content (AvgIpc) is 3.20. The van der Waals surface area contributed by atoms with Crippen molar-refractivity contribution >= 4 is 11.9 Å². The highest BCUT2D eigenvalue weighted by molar-refractivity contribution is 5.87. The highest BCUT2D eigenvalue weighted by Crippen LogP contribution is 2.28. The first-order valence-corrected chi connectivity index (χ1v) is 11.0. The average molecular weight is 426 g/mol. The van der Waals surface area contributed by atoms with Gasteiger partial charge in [-0.3, -0.25) is 4.79 Å². The minimum atomic E-state index is -0.972. The van der Waals surface area contributed by atoms with Crippen molar-refractivity contribution in [3.8, 4) is 0 Å². The van der Waals surface area contributed by atoms with E-state index in [-0.39, 0.29) is 24.1 Å². The molecule has 0 spiro atoms. The number of aliphatic hydroxyl groups is 1. The first-order valence-electron chi connectivity index (χ1n) is 11.0. The number of aliphatic hydroxyl groups excluding tert-OH is 1. The molecular formula is C25H31NO5. The van der Waals surface area contributed by atoms with Gasteiger partial charge in [0, 0.05) is 13.0 Å². The molecule has 0 aliphatic carbocycles. The van der Waals surface area contributed by atoms with Gasteiger partial charge in [-0.2, -0.15) is 0 Å². The molecule has 2 atom stereocenters. The van der Waals surface area contributed by atoms with Gasteiger partial charge in [0.25, 0.3) is 0 Å². The van der Waals surface area contributed by atoms with Crippen LogP contribution in [-0.2, 0) is 16.0 Å². The second kappa shape index (κ2) is 11.6. The maximum absolute atomic E-state index is 11.5. The van der Waals surface area contributed by atoms with Crippen molar-refractivity contribution in [3.05, 3.63) is 70.8 Å². The molecule has 1 aliphatic heterocycles. The molecule has 2 aromatic carbocycles. The van der Waals surface area contributed by atoms with Crippen LogP contribution >= 0.6 is 0 Å². The number of unbranched alkanes of at least 4 members (excludes halogenated alkanes) is 3. The minimum absolute atomic E-state index is 0.0177. The van der Waals surface area contributed by atoms with E-state index in [4.69, 9.17) is 9.84 Å². The summed E-state index contributed by atoms with van der Waals surface area (Å²) in [6, 6.07) is 15.1. The van der Waals surface area contributed by atoms with Gasteiger partial charge in [-0.15, -0.1) is 0 Å². The van der Waals surface area contributed by atoms with E-state index in [1.165, 1.54) is 5.56 Å². The second-order valence-electron chi connectivity index (χ2n) is 8.08. The van der Waals surface area contributed by atoms with E-state index < -0.39 is 12.1 Å². The predicted molar refractivity (Wildman–Crippen MR) is 118 cm³/mol. The zero-order valence-electron chi connectivity index (χ0n) is 17.8. The molecule has 1 heterocycles. The lowest BCUT2D eigenvalue weighted by Crippen LogP contribution is -2.30. The molecule has 0 bridgehead atoms. The smallest absolute Gasteiger partial charge is 0.335 e. The second-order valence-corrected chi connectivity index (χ2v) is 8.08. The summed E-state index contributed by atoms with van der Waals surface area (Å²) in [7, 11) is 0. The third-order valence-electron chi connectivity index (χ3n) is 5.64. The summed E-state index contributed by atoms with van der Waals surface area (Å²) >= 11 is 0. The molecule has 3 N–H and O–H groups in total. The van der Waals surface area contributed by atoms with Gasteiger partial charge < -0.3 is 20.3 Å². The number of aromatic carboxylic acids is 1. The Labute approximate surface area is 183 Å². The number of benzene rings is 2. The summed E-state index contributed by atoms with van der Waals surface area (Å²) in [6.45, 7) is 0.629. The van der Waals surface area contributed by atoms with Crippen LogP contribution in [0.5, 0.6) is 0 Å². The lowest BCUT2D eigenvalue weighted by atomic mass is 9.97. The van der Waals surface area contributed by atoms with Gasteiger partial charge in [0.1, 0.15) is 6.10 Å². The normalized spacial score (nSPS) is 16.8. The van der Waals surface area contributed by atoms with Crippen molar-refractivity contribution in [1.82, 2.24) is 5.32 Å². The van der Waals surface area contributed by atoms with Crippen LogP contribution < -0.4 is 5.32 Å². The number of nitrogens with one attached hydrogen (secondary N) is 1. The summed E-state index contributed by atoms with van der Waals surface area (Å²) in [5.41, 5.74) is 3.20. The molecule has 1 unspecified atom stereocenters. The SMILES string of the molecule is O=C1CC[C@@H](COC(c2ccc(CCCCCCO)cc2)c2cccc(C(=O)O)c2)N1. The molecule has 1 saturated heterocycles. The molecule has 166 valence electrons. The monoisotopic (exact) mass is 425 g/mol. The molecular weight excluding hydrogens is 394 g/mol. The standard InChI is InChI=1S/C25H31NO5/c27-15-4-2-1-3-6-18-9-11-19(12-10-18)24(31-17-22-13-14-23(28)26-22)20-7-5-8-21(16-20)25(29)30/h5,7-12,16,22,24,27H,1-4,6,13-15,17H2,(H,26,28)(H,29,30)/t22-,24?/m0/s1. The molecule has 2 aromatic rings. The summed E-state index contributed by atoms with van der Waals surface area (Å²) in [4.78, 5) is 22.9. The Hall–Kier alpha value is -2.70. The van der Waals surface area contributed by atoms with Crippen molar-refractivity contribution < 1.29 is 24.5 Å². The summed E-state index contributed by atoms with van der Waals surface area (Å²) in [5.74, 6) is -0.929. The van der Waals surface area contributed by atoms with Crippen molar-refractivity contribution in [2.24, 2.45) is 0 Å². The fraction of sp³-hybridized carbons (Fsp3) is 0.440. The number of carboxylic acid groups (broad SMARTS) is 1. The van der Waals surface area contributed by atoms with Gasteiger partial charge >= 0.3 is 5.97 Å². The zero-order chi connectivity index (χ0) is 22.1. The van der Waals surface area contributed by atoms with Crippen molar-refractivity contribution in [3.63, 3.8) is 0 Å². The highest BCUT2D eigenvalue weighted by Gasteiger charge is 2.24. The summed E-state index contributed by atoms with van der Waals surface area (Å²) < 4.78 is 6.22. The van der Waals surface area contributed by atoms with Gasteiger partial charge in [0.2, 0.25) is 5.91 Å². The zero-order valence-corrected chi connectivity index (χ0v) is 17.8. The molecule has 1 aliphatic rings. The van der Waals surface area contributed by atoms with Crippen LogP contribution in [0.2, 0.25) is 0 Å². The van der Waals surface area contributed by atoms with Gasteiger partial charge in [0.05, 0.1) is 18.2 Å². The van der Waals surface area contributed by atoms with Crippen molar-refractivity contribution in [1.29, 1.82) is 0 Å². The van der Waals surface area contributed by atoms with E-state index in [2.05, 4.69) is 17.4 Å². The number of carbonyl (C=O) groups is 2. The Balaban J connectivity index is 1.71. The van der Waals surface area contributed by atoms with Crippen LogP contribution in [0.4, 0.5) is 0 Å². The fourth-order valence-corrected chi connectivity index (χ4v) is 3.89. The van der Waals surface area contributed by atoms with E-state index in [1.54, 1.807) is 18.2 Å². The molecule has 0 aromatic heterocycles. The van der Waals surface area contributed by atoms with Crippen LogP contribution in [0, 0.1) is 0 Å². The van der Waals surface area contributed by atoms with Crippen LogP contribution in [0.1, 0.15) is 71.7 Å². The van der Waals surface area contributed by atoms with Gasteiger partial charge in [-0.05, 0) is 54.5 Å². The van der Waals surface area contributed by atoms with Crippen LogP contribution in [-0.4, -0.2) is 41.3 Å². The van der Waals surface area contributed by atoms with Crippen LogP contribution in [0.15, 0.2) is 48.5 Å². The van der Waals surface area contributed by atoms with Crippen molar-refractivity contribution in [2.45, 2.75) is 57.1 Å². The highest BCUT2D eigenvalue weighted by atomic mass is 16.5. The van der Waals surface area contributed by atoms with E-state index in [9.17, 15) is 14.7 Å². The molecule has 6 nitrogen and oxygen atoms in total. The molecule has 6 heteroatoms. The van der Waals surface area contributed by atoms with Crippen LogP contribution in [0.3, 0.4) is 0 Å². The third-order valence-corrected chi connectivity index (χ3v) is 5.64. The number of rotatable bonds is 12. The van der Waals surface area contributed by atoms with E-state index >= 15 is 0 Å². The number of carboxylic acids is 1. The molecule has 31 heavy (non-hydrogen) atoms. The number of aryl methyl sites for hydroxylation is 1. The van der Waals surface area contributed by atoms with Gasteiger partial charge in [0.15, 0.2) is 0 Å². The van der Waals surface area contributed by atoms with E-state index in [0.29, 0.717) is 13.0 Å². The quantitative estimate of drug-likeness (QED) is 0.449. The van der Waals surface area contributed by atoms with Gasteiger partial charge in [-0.25, -0.2) is 4.79 Å². The molecule has 0 radical (unpaired) electrons. The number of hydrogen-bond donors (Lipinski definition) is 3. The van der Waals surface area contributed by atoms with Crippen molar-refractivity contribution in [2.75, 3.05) is 13.2 Å². The maximum Gasteiger partial charge on any atom is 0.335 e. The first-order chi connectivity index (χ1) is 15.1. The Morgan fingerprint density at radius 3 is 2.52 bits per heavy atom. The van der Waals surface area contributed by atoms with E-state index in [1.807, 2.05) is 18.2 Å². The Bertz CT molecular complexity index is 864. The Morgan fingerprint density at radius 2 is 1.84 bits per heavy atom. The lowest BCUT2D eigenvalue weighted by Gasteiger charge is -2.22. The number of amides is 1. The minimum Gasteiger partial charge on any atom is -0.478 e. The Morgan fingerprint density at radius 1 is 1.06 bits per heavy atom. The largest absolute Gasteiger partial charge is 0.478 e. The summed E-state index contributed by atoms with van der Waals surface area (Å²) in [6.07, 6.45) is 5.92. The first kappa shape index (κ1) is 23.0. The molecule has 1 fully saturated rings. The number of carbonyl (C=O) groups excluding carboxylic acids is 1. The Kier molecular flexibility index (Phi) is 8.62. The third kappa shape index (κ3) is 6.91. The predicted octanol–water partition coefficient (Wildman–Crippen LogP) is 3.86. The van der Waals surface area contributed by atoms with Gasteiger partial charge in [-0.1, -0.05) is 49.2 Å². The fourth-order valence-electron chi connectivity index (χ4n) is 3.89. The topological polar surface area (TPSA) is 95.9 Å². The number of hydrogen-bond acceptors (Lipinski definition) is 4.